The second kappa shape index (κ2) is 5.42. The second-order valence-corrected chi connectivity index (χ2v) is 9.34. The summed E-state index contributed by atoms with van der Waals surface area (Å²) in [5.41, 5.74) is 0.678. The van der Waals surface area contributed by atoms with Crippen LogP contribution in [0, 0.1) is 23.7 Å². The van der Waals surface area contributed by atoms with E-state index in [-0.39, 0.29) is 10.8 Å². The molecule has 5 heteroatoms. The molecule has 2 fully saturated rings. The smallest absolute Gasteiger partial charge is 0.240 e. The molecular weight excluding hydrogens is 310 g/mol. The Kier molecular flexibility index (Phi) is 3.92. The molecule has 2 saturated carbocycles. The van der Waals surface area contributed by atoms with Gasteiger partial charge in [0.2, 0.25) is 10.0 Å². The number of ketones is 1. The third-order valence-corrected chi connectivity index (χ3v) is 7.95. The average Bonchev–Trinajstić information content (AvgIpc) is 2.83. The predicted octanol–water partition coefficient (Wildman–Crippen LogP) is 3.06. The highest BCUT2D eigenvalue weighted by molar-refractivity contribution is 7.89. The van der Waals surface area contributed by atoms with Crippen LogP contribution in [-0.4, -0.2) is 20.7 Å². The van der Waals surface area contributed by atoms with Crippen LogP contribution in [0.1, 0.15) is 45.1 Å². The number of aryl methyl sites for hydroxylation is 1. The van der Waals surface area contributed by atoms with Crippen LogP contribution in [0.15, 0.2) is 29.2 Å². The minimum atomic E-state index is -3.48. The van der Waals surface area contributed by atoms with Crippen molar-refractivity contribution in [2.45, 2.75) is 51.3 Å². The third kappa shape index (κ3) is 2.54. The van der Waals surface area contributed by atoms with Crippen molar-refractivity contribution in [2.75, 3.05) is 6.54 Å². The normalized spacial score (nSPS) is 33.3. The zero-order chi connectivity index (χ0) is 16.9. The highest BCUT2D eigenvalue weighted by atomic mass is 32.2. The first-order valence-corrected chi connectivity index (χ1v) is 9.77. The van der Waals surface area contributed by atoms with E-state index in [0.29, 0.717) is 36.0 Å². The van der Waals surface area contributed by atoms with E-state index in [0.717, 1.165) is 18.4 Å². The molecule has 0 aliphatic heterocycles. The van der Waals surface area contributed by atoms with E-state index >= 15 is 0 Å². The number of rotatable bonds is 5. The van der Waals surface area contributed by atoms with Crippen LogP contribution in [0.5, 0.6) is 0 Å². The van der Waals surface area contributed by atoms with Gasteiger partial charge < -0.3 is 0 Å². The van der Waals surface area contributed by atoms with Crippen molar-refractivity contribution in [1.29, 1.82) is 0 Å². The van der Waals surface area contributed by atoms with Crippen molar-refractivity contribution in [3.05, 3.63) is 29.8 Å². The monoisotopic (exact) mass is 335 g/mol. The highest BCUT2D eigenvalue weighted by Crippen LogP contribution is 2.65. The summed E-state index contributed by atoms with van der Waals surface area (Å²) in [6.07, 6.45) is 3.41. The number of nitrogens with one attached hydrogen (secondary N) is 1. The summed E-state index contributed by atoms with van der Waals surface area (Å²) in [5.74, 6) is 0.765. The molecule has 0 saturated heterocycles. The molecule has 0 amide bonds. The minimum Gasteiger partial charge on any atom is -0.299 e. The summed E-state index contributed by atoms with van der Waals surface area (Å²) >= 11 is 0. The largest absolute Gasteiger partial charge is 0.299 e. The number of fused-ring (bicyclic) bond motifs is 2. The molecule has 0 unspecified atom stereocenters. The summed E-state index contributed by atoms with van der Waals surface area (Å²) < 4.78 is 27.4. The van der Waals surface area contributed by atoms with Gasteiger partial charge >= 0.3 is 0 Å². The fraction of sp³-hybridized carbons (Fsp3) is 0.611. The van der Waals surface area contributed by atoms with E-state index < -0.39 is 10.0 Å². The van der Waals surface area contributed by atoms with Crippen LogP contribution in [-0.2, 0) is 14.8 Å². The Morgan fingerprint density at radius 3 is 2.39 bits per heavy atom. The van der Waals surface area contributed by atoms with Crippen molar-refractivity contribution >= 4 is 15.8 Å². The van der Waals surface area contributed by atoms with Gasteiger partial charge in [-0.1, -0.05) is 31.5 Å². The first-order chi connectivity index (χ1) is 10.7. The van der Waals surface area contributed by atoms with Crippen molar-refractivity contribution in [3.63, 3.8) is 0 Å². The molecule has 4 nitrogen and oxygen atoms in total. The number of Topliss-reactive ketones (excluding diaryl/α,β-unsaturated/α-hetero) is 1. The number of carbonyl (C=O) groups excluding carboxylic acids is 1. The molecule has 23 heavy (non-hydrogen) atoms. The molecule has 0 aromatic heterocycles. The van der Waals surface area contributed by atoms with Gasteiger partial charge in [0.15, 0.2) is 0 Å². The molecule has 1 aromatic carbocycles. The van der Waals surface area contributed by atoms with Gasteiger partial charge in [0.05, 0.1) is 4.90 Å². The maximum absolute atomic E-state index is 12.4. The number of carbonyl (C=O) groups is 1. The standard InChI is InChI=1S/C18H25NO3S/c1-13-4-6-15(7-5-13)23(21,22)19-11-10-17(2)14-8-9-18(17,3)16(20)12-14/h4-7,14,19H,8-12H2,1-3H3/t14-,17-,18-/m0/s1. The Morgan fingerprint density at radius 2 is 1.87 bits per heavy atom. The molecule has 2 bridgehead atoms. The highest BCUT2D eigenvalue weighted by Gasteiger charge is 2.63. The first-order valence-electron chi connectivity index (χ1n) is 8.29. The molecule has 3 atom stereocenters. The van der Waals surface area contributed by atoms with Crippen LogP contribution in [0.3, 0.4) is 0 Å². The van der Waals surface area contributed by atoms with Crippen LogP contribution in [0.4, 0.5) is 0 Å². The van der Waals surface area contributed by atoms with E-state index in [1.54, 1.807) is 24.3 Å². The number of hydrogen-bond acceptors (Lipinski definition) is 3. The third-order valence-electron chi connectivity index (χ3n) is 6.47. The van der Waals surface area contributed by atoms with Crippen molar-refractivity contribution < 1.29 is 13.2 Å². The number of hydrogen-bond donors (Lipinski definition) is 1. The summed E-state index contributed by atoms with van der Waals surface area (Å²) in [5, 5.41) is 0. The van der Waals surface area contributed by atoms with Crippen LogP contribution >= 0.6 is 0 Å². The van der Waals surface area contributed by atoms with E-state index in [4.69, 9.17) is 0 Å². The molecule has 0 heterocycles. The minimum absolute atomic E-state index is 0.0835. The van der Waals surface area contributed by atoms with Crippen molar-refractivity contribution in [2.24, 2.45) is 16.7 Å². The predicted molar refractivity (Wildman–Crippen MR) is 89.5 cm³/mol. The SMILES string of the molecule is Cc1ccc(S(=O)(=O)NCC[C@@]2(C)[C@H]3CC[C@@]2(C)C(=O)C3)cc1. The zero-order valence-corrected chi connectivity index (χ0v) is 14.9. The molecule has 2 aliphatic carbocycles. The number of benzene rings is 1. The lowest BCUT2D eigenvalue weighted by atomic mass is 9.67. The maximum atomic E-state index is 12.4. The zero-order valence-electron chi connectivity index (χ0n) is 14.1. The molecule has 3 rings (SSSR count). The van der Waals surface area contributed by atoms with Crippen LogP contribution in [0.25, 0.3) is 0 Å². The van der Waals surface area contributed by atoms with Gasteiger partial charge in [-0.2, -0.15) is 0 Å². The van der Waals surface area contributed by atoms with Crippen LogP contribution < -0.4 is 4.72 Å². The van der Waals surface area contributed by atoms with Gasteiger partial charge in [-0.15, -0.1) is 0 Å². The van der Waals surface area contributed by atoms with E-state index in [9.17, 15) is 13.2 Å². The lowest BCUT2D eigenvalue weighted by molar-refractivity contribution is -0.128. The second-order valence-electron chi connectivity index (χ2n) is 7.57. The quantitative estimate of drug-likeness (QED) is 0.899. The Bertz CT molecular complexity index is 725. The summed E-state index contributed by atoms with van der Waals surface area (Å²) in [6.45, 7) is 6.54. The van der Waals surface area contributed by atoms with E-state index in [2.05, 4.69) is 18.6 Å². The van der Waals surface area contributed by atoms with Gasteiger partial charge in [0.1, 0.15) is 5.78 Å². The Labute approximate surface area is 138 Å². The van der Waals surface area contributed by atoms with Gasteiger partial charge in [0.25, 0.3) is 0 Å². The van der Waals surface area contributed by atoms with Gasteiger partial charge in [-0.05, 0) is 49.7 Å². The van der Waals surface area contributed by atoms with Crippen LogP contribution in [0.2, 0.25) is 0 Å². The fourth-order valence-corrected chi connectivity index (χ4v) is 5.51. The van der Waals surface area contributed by atoms with E-state index in [1.807, 2.05) is 6.92 Å². The lowest BCUT2D eigenvalue weighted by Crippen LogP contribution is -2.38. The molecular formula is C18H25NO3S. The average molecular weight is 335 g/mol. The molecule has 1 N–H and O–H groups in total. The Hall–Kier alpha value is -1.20. The fourth-order valence-electron chi connectivity index (χ4n) is 4.48. The molecule has 0 radical (unpaired) electrons. The van der Waals surface area contributed by atoms with Gasteiger partial charge in [-0.3, -0.25) is 4.79 Å². The number of sulfonamides is 1. The lowest BCUT2D eigenvalue weighted by Gasteiger charge is -2.36. The van der Waals surface area contributed by atoms with Crippen molar-refractivity contribution in [1.82, 2.24) is 4.72 Å². The maximum Gasteiger partial charge on any atom is 0.240 e. The molecule has 1 aromatic rings. The van der Waals surface area contributed by atoms with Gasteiger partial charge in [0, 0.05) is 18.4 Å². The Balaban J connectivity index is 1.68. The summed E-state index contributed by atoms with van der Waals surface area (Å²) in [7, 11) is -3.48. The molecule has 2 aliphatic rings. The van der Waals surface area contributed by atoms with E-state index in [1.165, 1.54) is 0 Å². The van der Waals surface area contributed by atoms with Crippen molar-refractivity contribution in [3.8, 4) is 0 Å². The van der Waals surface area contributed by atoms with Gasteiger partial charge in [-0.25, -0.2) is 13.1 Å². The molecule has 126 valence electrons. The molecule has 0 spiro atoms. The topological polar surface area (TPSA) is 63.2 Å². The summed E-state index contributed by atoms with van der Waals surface area (Å²) in [6, 6.07) is 6.85. The Morgan fingerprint density at radius 1 is 1.22 bits per heavy atom. The summed E-state index contributed by atoms with van der Waals surface area (Å²) in [4.78, 5) is 12.5. The first kappa shape index (κ1) is 16.7.